The molecule has 136 valence electrons. The predicted octanol–water partition coefficient (Wildman–Crippen LogP) is 3.65. The molecule has 0 saturated carbocycles. The van der Waals surface area contributed by atoms with E-state index in [9.17, 15) is 9.90 Å². The third kappa shape index (κ3) is 2.83. The summed E-state index contributed by atoms with van der Waals surface area (Å²) in [5.41, 5.74) is 1.96. The van der Waals surface area contributed by atoms with Gasteiger partial charge in [-0.05, 0) is 32.1 Å². The number of rotatable bonds is 5. The summed E-state index contributed by atoms with van der Waals surface area (Å²) in [6, 6.07) is 5.43. The number of hydrogen-bond donors (Lipinski definition) is 1. The van der Waals surface area contributed by atoms with Gasteiger partial charge in [-0.1, -0.05) is 12.1 Å². The lowest BCUT2D eigenvalue weighted by Gasteiger charge is -2.17. The number of methoxy groups -OCH3 is 2. The molecule has 1 aliphatic rings. The summed E-state index contributed by atoms with van der Waals surface area (Å²) in [7, 11) is 2.96. The third-order valence-electron chi connectivity index (χ3n) is 4.34. The van der Waals surface area contributed by atoms with Crippen LogP contribution in [0.2, 0.25) is 0 Å². The molecular weight excluding hydrogens is 336 g/mol. The Labute approximate surface area is 151 Å². The second-order valence-corrected chi connectivity index (χ2v) is 5.82. The zero-order valence-corrected chi connectivity index (χ0v) is 15.1. The van der Waals surface area contributed by atoms with Crippen LogP contribution in [0, 0.1) is 13.8 Å². The number of allylic oxidation sites excluding steroid dienone is 1. The highest BCUT2D eigenvalue weighted by atomic mass is 16.7. The highest BCUT2D eigenvalue weighted by Gasteiger charge is 2.24. The van der Waals surface area contributed by atoms with Gasteiger partial charge in [0.1, 0.15) is 22.8 Å². The van der Waals surface area contributed by atoms with Crippen molar-refractivity contribution in [3.63, 3.8) is 0 Å². The molecule has 1 N–H and O–H groups in total. The third-order valence-corrected chi connectivity index (χ3v) is 4.34. The Kier molecular flexibility index (Phi) is 4.75. The average molecular weight is 356 g/mol. The molecule has 2 aromatic rings. The van der Waals surface area contributed by atoms with Crippen molar-refractivity contribution >= 4 is 11.9 Å². The maximum atomic E-state index is 12.8. The first-order chi connectivity index (χ1) is 12.5. The number of phenolic OH excluding ortho intramolecular Hbond substituents is 1. The van der Waals surface area contributed by atoms with E-state index in [-0.39, 0.29) is 29.6 Å². The quantitative estimate of drug-likeness (QED) is 0.651. The van der Waals surface area contributed by atoms with Crippen molar-refractivity contribution < 1.29 is 28.8 Å². The molecule has 1 aliphatic heterocycles. The highest BCUT2D eigenvalue weighted by Crippen LogP contribution is 2.42. The molecule has 0 amide bonds. The monoisotopic (exact) mass is 356 g/mol. The summed E-state index contributed by atoms with van der Waals surface area (Å²) in [5, 5.41) is 10.5. The van der Waals surface area contributed by atoms with Gasteiger partial charge in [-0.3, -0.25) is 4.79 Å². The Morgan fingerprint density at radius 1 is 1.12 bits per heavy atom. The second kappa shape index (κ2) is 7.00. The number of fused-ring (bicyclic) bond motifs is 1. The summed E-state index contributed by atoms with van der Waals surface area (Å²) in [4.78, 5) is 12.8. The van der Waals surface area contributed by atoms with Crippen LogP contribution in [0.15, 0.2) is 24.3 Å². The van der Waals surface area contributed by atoms with Crippen LogP contribution in [0.1, 0.15) is 27.0 Å². The summed E-state index contributed by atoms with van der Waals surface area (Å²) in [6.07, 6.45) is 3.00. The summed E-state index contributed by atoms with van der Waals surface area (Å²) in [6.45, 7) is 3.62. The lowest BCUT2D eigenvalue weighted by molar-refractivity contribution is 0.104. The number of carbonyl (C=O) groups excluding carboxylic acids is 1. The number of hydrogen-bond acceptors (Lipinski definition) is 6. The van der Waals surface area contributed by atoms with Gasteiger partial charge in [0, 0.05) is 16.7 Å². The van der Waals surface area contributed by atoms with E-state index >= 15 is 0 Å². The lowest BCUT2D eigenvalue weighted by atomic mass is 9.98. The van der Waals surface area contributed by atoms with E-state index in [2.05, 4.69) is 0 Å². The fourth-order valence-corrected chi connectivity index (χ4v) is 3.10. The van der Waals surface area contributed by atoms with Gasteiger partial charge in [0.2, 0.25) is 6.79 Å². The number of carbonyl (C=O) groups is 1. The number of phenols is 1. The van der Waals surface area contributed by atoms with Crippen LogP contribution < -0.4 is 18.9 Å². The van der Waals surface area contributed by atoms with Gasteiger partial charge in [-0.15, -0.1) is 0 Å². The van der Waals surface area contributed by atoms with Gasteiger partial charge in [0.25, 0.3) is 0 Å². The van der Waals surface area contributed by atoms with Gasteiger partial charge < -0.3 is 24.1 Å². The molecule has 0 unspecified atom stereocenters. The fourth-order valence-electron chi connectivity index (χ4n) is 3.10. The van der Waals surface area contributed by atoms with Crippen molar-refractivity contribution in [2.24, 2.45) is 0 Å². The maximum absolute atomic E-state index is 12.8. The minimum atomic E-state index is -0.385. The van der Waals surface area contributed by atoms with Crippen LogP contribution >= 0.6 is 0 Å². The Bertz CT molecular complexity index is 898. The molecule has 1 heterocycles. The Morgan fingerprint density at radius 3 is 2.54 bits per heavy atom. The standard InChI is InChI=1S/C20H20O6/c1-11-17(22)16(19(24-4)12(2)18(11)23-3)14(21)9-8-13-6-5-7-15-20(13)26-10-25-15/h5-9,22H,10H2,1-4H3/b9-8+. The first-order valence-corrected chi connectivity index (χ1v) is 8.04. The number of para-hydroxylation sites is 1. The number of benzene rings is 2. The predicted molar refractivity (Wildman–Crippen MR) is 96.6 cm³/mol. The Hall–Kier alpha value is -3.15. The zero-order valence-electron chi connectivity index (χ0n) is 15.1. The number of ether oxygens (including phenoxy) is 4. The minimum Gasteiger partial charge on any atom is -0.507 e. The van der Waals surface area contributed by atoms with E-state index in [0.717, 1.165) is 0 Å². The zero-order chi connectivity index (χ0) is 18.8. The van der Waals surface area contributed by atoms with E-state index in [0.29, 0.717) is 33.9 Å². The van der Waals surface area contributed by atoms with Crippen molar-refractivity contribution in [2.75, 3.05) is 21.0 Å². The maximum Gasteiger partial charge on any atom is 0.231 e. The molecule has 3 rings (SSSR count). The van der Waals surface area contributed by atoms with Gasteiger partial charge in [-0.2, -0.15) is 0 Å². The van der Waals surface area contributed by atoms with Crippen LogP contribution in [-0.2, 0) is 0 Å². The van der Waals surface area contributed by atoms with Crippen LogP contribution in [0.25, 0.3) is 6.08 Å². The lowest BCUT2D eigenvalue weighted by Crippen LogP contribution is -2.05. The van der Waals surface area contributed by atoms with Crippen LogP contribution in [0.5, 0.6) is 28.7 Å². The van der Waals surface area contributed by atoms with Crippen molar-refractivity contribution in [1.29, 1.82) is 0 Å². The molecule has 0 fully saturated rings. The first-order valence-electron chi connectivity index (χ1n) is 8.04. The summed E-state index contributed by atoms with van der Waals surface area (Å²) >= 11 is 0. The van der Waals surface area contributed by atoms with Gasteiger partial charge >= 0.3 is 0 Å². The van der Waals surface area contributed by atoms with Crippen molar-refractivity contribution in [3.05, 3.63) is 46.5 Å². The normalized spacial score (nSPS) is 12.5. The molecular formula is C20H20O6. The summed E-state index contributed by atoms with van der Waals surface area (Å²) < 4.78 is 21.4. The Balaban J connectivity index is 2.02. The Morgan fingerprint density at radius 2 is 1.85 bits per heavy atom. The van der Waals surface area contributed by atoms with E-state index in [1.807, 2.05) is 12.1 Å². The van der Waals surface area contributed by atoms with Crippen LogP contribution in [0.4, 0.5) is 0 Å². The SMILES string of the molecule is COc1c(C)c(O)c(C(=O)/C=C/c2cccc3c2OCO3)c(OC)c1C. The molecule has 26 heavy (non-hydrogen) atoms. The van der Waals surface area contributed by atoms with E-state index in [4.69, 9.17) is 18.9 Å². The molecule has 6 heteroatoms. The average Bonchev–Trinajstić information content (AvgIpc) is 3.12. The van der Waals surface area contributed by atoms with Crippen molar-refractivity contribution in [3.8, 4) is 28.7 Å². The first kappa shape index (κ1) is 17.7. The van der Waals surface area contributed by atoms with Gasteiger partial charge in [0.05, 0.1) is 14.2 Å². The smallest absolute Gasteiger partial charge is 0.231 e. The van der Waals surface area contributed by atoms with E-state index in [1.54, 1.807) is 26.0 Å². The second-order valence-electron chi connectivity index (χ2n) is 5.82. The van der Waals surface area contributed by atoms with Crippen molar-refractivity contribution in [2.45, 2.75) is 13.8 Å². The minimum absolute atomic E-state index is 0.101. The number of aromatic hydroxyl groups is 1. The molecule has 0 radical (unpaired) electrons. The van der Waals surface area contributed by atoms with Crippen molar-refractivity contribution in [1.82, 2.24) is 0 Å². The molecule has 0 saturated heterocycles. The van der Waals surface area contributed by atoms with Gasteiger partial charge in [-0.25, -0.2) is 0 Å². The fraction of sp³-hybridized carbons (Fsp3) is 0.250. The summed E-state index contributed by atoms with van der Waals surface area (Å²) in [5.74, 6) is 1.47. The van der Waals surface area contributed by atoms with E-state index in [1.165, 1.54) is 20.3 Å². The molecule has 2 aromatic carbocycles. The molecule has 0 aromatic heterocycles. The van der Waals surface area contributed by atoms with Gasteiger partial charge in [0.15, 0.2) is 17.3 Å². The molecule has 0 aliphatic carbocycles. The largest absolute Gasteiger partial charge is 0.507 e. The molecule has 0 bridgehead atoms. The topological polar surface area (TPSA) is 74.2 Å². The van der Waals surface area contributed by atoms with E-state index < -0.39 is 0 Å². The highest BCUT2D eigenvalue weighted by molar-refractivity contribution is 6.11. The number of ketones is 1. The van der Waals surface area contributed by atoms with Crippen LogP contribution in [0.3, 0.4) is 0 Å². The molecule has 0 atom stereocenters. The molecule has 6 nitrogen and oxygen atoms in total. The van der Waals surface area contributed by atoms with Crippen LogP contribution in [-0.4, -0.2) is 31.9 Å². The molecule has 0 spiro atoms.